The first kappa shape index (κ1) is 20.5. The van der Waals surface area contributed by atoms with Gasteiger partial charge in [0.25, 0.3) is 0 Å². The first-order chi connectivity index (χ1) is 13.1. The molecule has 6 aliphatic rings. The smallest absolute Gasteiger partial charge is 0.348 e. The molecule has 1 heterocycles. The van der Waals surface area contributed by atoms with Crippen molar-refractivity contribution < 1.29 is 33.4 Å². The van der Waals surface area contributed by atoms with Crippen molar-refractivity contribution in [2.24, 2.45) is 23.7 Å². The molecule has 1 spiro atoms. The van der Waals surface area contributed by atoms with Gasteiger partial charge in [0.05, 0.1) is 11.5 Å². The molecule has 0 aromatic heterocycles. The van der Waals surface area contributed by atoms with Crippen LogP contribution in [-0.4, -0.2) is 44.6 Å². The molecule has 0 aromatic rings. The Labute approximate surface area is 174 Å². The number of ether oxygens (including phenoxy) is 1. The lowest BCUT2D eigenvalue weighted by atomic mass is 9.45. The second-order valence-electron chi connectivity index (χ2n) is 9.49. The molecule has 6 fully saturated rings. The molecule has 5 aliphatic carbocycles. The van der Waals surface area contributed by atoms with Crippen molar-refractivity contribution in [3.63, 3.8) is 0 Å². The van der Waals surface area contributed by atoms with E-state index >= 15 is 0 Å². The molecule has 7 nitrogen and oxygen atoms in total. The number of hydrogen-bond donors (Lipinski definition) is 2. The van der Waals surface area contributed by atoms with E-state index < -0.39 is 30.7 Å². The van der Waals surface area contributed by atoms with Gasteiger partial charge in [0, 0.05) is 17.9 Å². The Morgan fingerprint density at radius 2 is 1.71 bits per heavy atom. The summed E-state index contributed by atoms with van der Waals surface area (Å²) in [7, 11) is -3.00. The highest BCUT2D eigenvalue weighted by Gasteiger charge is 2.79. The van der Waals surface area contributed by atoms with Crippen LogP contribution in [0.25, 0.3) is 0 Å². The Balaban J connectivity index is 1.44. The molecule has 10 heteroatoms. The highest BCUT2D eigenvalue weighted by atomic mass is 35.5. The maximum atomic E-state index is 11.4. The van der Waals surface area contributed by atoms with Crippen molar-refractivity contribution in [2.75, 3.05) is 7.11 Å². The summed E-state index contributed by atoms with van der Waals surface area (Å²) in [6.07, 6.45) is 5.88. The topological polar surface area (TPSA) is 94.5 Å². The highest BCUT2D eigenvalue weighted by Crippen LogP contribution is 2.71. The molecular formula is C18H27Cl2O7P. The van der Waals surface area contributed by atoms with Gasteiger partial charge in [-0.25, -0.2) is 9.45 Å². The van der Waals surface area contributed by atoms with E-state index in [0.717, 1.165) is 38.5 Å². The number of halogens is 2. The van der Waals surface area contributed by atoms with Gasteiger partial charge in [0.15, 0.2) is 5.60 Å². The van der Waals surface area contributed by atoms with Gasteiger partial charge in [-0.15, -0.1) is 23.2 Å². The van der Waals surface area contributed by atoms with Gasteiger partial charge in [0.2, 0.25) is 5.79 Å². The summed E-state index contributed by atoms with van der Waals surface area (Å²) < 4.78 is 22.5. The molecule has 6 rings (SSSR count). The Hall–Kier alpha value is 0.570. The molecule has 6 unspecified atom stereocenters. The highest BCUT2D eigenvalue weighted by molar-refractivity contribution is 7.46. The summed E-state index contributed by atoms with van der Waals surface area (Å²) >= 11 is 13.2. The number of rotatable bonds is 4. The second-order valence-corrected chi connectivity index (χ2v) is 12.0. The Kier molecular flexibility index (Phi) is 4.78. The molecule has 0 aromatic carbocycles. The number of phosphoric acid groups is 1. The first-order valence-electron chi connectivity index (χ1n) is 10.1. The van der Waals surface area contributed by atoms with Crippen LogP contribution >= 0.6 is 31.0 Å². The predicted molar refractivity (Wildman–Crippen MR) is 101 cm³/mol. The Morgan fingerprint density at radius 3 is 2.21 bits per heavy atom. The van der Waals surface area contributed by atoms with Crippen LogP contribution in [0.5, 0.6) is 0 Å². The van der Waals surface area contributed by atoms with Crippen molar-refractivity contribution in [3.8, 4) is 0 Å². The minimum Gasteiger partial charge on any atom is -0.348 e. The number of hydrogen-bond acceptors (Lipinski definition) is 5. The molecule has 4 bridgehead atoms. The fourth-order valence-corrected chi connectivity index (χ4v) is 8.80. The van der Waals surface area contributed by atoms with E-state index in [9.17, 15) is 14.4 Å². The van der Waals surface area contributed by atoms with Crippen LogP contribution < -0.4 is 0 Å². The van der Waals surface area contributed by atoms with Gasteiger partial charge in [-0.3, -0.25) is 4.52 Å². The predicted octanol–water partition coefficient (Wildman–Crippen LogP) is 3.73. The van der Waals surface area contributed by atoms with E-state index in [1.165, 1.54) is 0 Å². The lowest BCUT2D eigenvalue weighted by Gasteiger charge is -2.71. The zero-order valence-electron chi connectivity index (χ0n) is 15.8. The number of phosphoric ester groups is 1. The van der Waals surface area contributed by atoms with Crippen LogP contribution in [0.1, 0.15) is 51.4 Å². The van der Waals surface area contributed by atoms with Crippen molar-refractivity contribution in [1.82, 2.24) is 0 Å². The van der Waals surface area contributed by atoms with E-state index in [-0.39, 0.29) is 22.6 Å². The minimum absolute atomic E-state index is 0.124. The summed E-state index contributed by atoms with van der Waals surface area (Å²) in [4.78, 5) is 30.1. The van der Waals surface area contributed by atoms with Gasteiger partial charge in [-0.05, 0) is 69.1 Å². The standard InChI is InChI=1S/C18H27Cl2O7P/c1-24-18(11-2-3-14(19)15(6-11)25-28(21,22)23)17(26-27-18)12-4-10-5-13(17)9-16(20,7-10)8-12/h10-15H,2-9H2,1H3,(H2,21,22,23). The molecular weight excluding hydrogens is 430 g/mol. The van der Waals surface area contributed by atoms with E-state index in [0.29, 0.717) is 18.8 Å². The zero-order valence-corrected chi connectivity index (χ0v) is 18.2. The van der Waals surface area contributed by atoms with Gasteiger partial charge in [-0.1, -0.05) is 0 Å². The van der Waals surface area contributed by atoms with E-state index in [4.69, 9.17) is 42.2 Å². The quantitative estimate of drug-likeness (QED) is 0.378. The Morgan fingerprint density at radius 1 is 1.04 bits per heavy atom. The van der Waals surface area contributed by atoms with Gasteiger partial charge < -0.3 is 14.5 Å². The van der Waals surface area contributed by atoms with Crippen LogP contribution in [-0.2, 0) is 23.6 Å². The van der Waals surface area contributed by atoms with E-state index in [2.05, 4.69) is 0 Å². The van der Waals surface area contributed by atoms with Crippen molar-refractivity contribution >= 4 is 31.0 Å². The maximum absolute atomic E-state index is 11.4. The van der Waals surface area contributed by atoms with Crippen LogP contribution in [0.4, 0.5) is 0 Å². The van der Waals surface area contributed by atoms with Crippen LogP contribution in [0.3, 0.4) is 0 Å². The molecule has 160 valence electrons. The Bertz CT molecular complexity index is 681. The third kappa shape index (κ3) is 2.81. The number of methoxy groups -OCH3 is 1. The largest absolute Gasteiger partial charge is 0.469 e. The van der Waals surface area contributed by atoms with Crippen molar-refractivity contribution in [2.45, 2.75) is 79.1 Å². The van der Waals surface area contributed by atoms with Crippen molar-refractivity contribution in [1.29, 1.82) is 0 Å². The zero-order chi connectivity index (χ0) is 19.9. The van der Waals surface area contributed by atoms with Crippen LogP contribution in [0.2, 0.25) is 0 Å². The lowest BCUT2D eigenvalue weighted by molar-refractivity contribution is -0.646. The number of alkyl halides is 2. The molecule has 0 amide bonds. The second kappa shape index (κ2) is 6.54. The normalized spacial score (nSPS) is 55.5. The average molecular weight is 457 g/mol. The summed E-state index contributed by atoms with van der Waals surface area (Å²) in [6, 6.07) is 0. The summed E-state index contributed by atoms with van der Waals surface area (Å²) in [5.74, 6) is 0.0843. The maximum Gasteiger partial charge on any atom is 0.469 e. The molecule has 6 atom stereocenters. The molecule has 1 aliphatic heterocycles. The molecule has 5 saturated carbocycles. The van der Waals surface area contributed by atoms with Crippen molar-refractivity contribution in [3.05, 3.63) is 0 Å². The van der Waals surface area contributed by atoms with E-state index in [1.54, 1.807) is 7.11 Å². The summed E-state index contributed by atoms with van der Waals surface area (Å²) in [5, 5.41) is -0.459. The van der Waals surface area contributed by atoms with Gasteiger partial charge >= 0.3 is 7.82 Å². The molecule has 0 radical (unpaired) electrons. The van der Waals surface area contributed by atoms with Gasteiger partial charge in [-0.2, -0.15) is 4.89 Å². The van der Waals surface area contributed by atoms with Crippen LogP contribution in [0, 0.1) is 23.7 Å². The summed E-state index contributed by atoms with van der Waals surface area (Å²) in [5.41, 5.74) is -0.548. The minimum atomic E-state index is -4.64. The summed E-state index contributed by atoms with van der Waals surface area (Å²) in [6.45, 7) is 0. The first-order valence-corrected chi connectivity index (χ1v) is 12.4. The van der Waals surface area contributed by atoms with Crippen LogP contribution in [0.15, 0.2) is 0 Å². The fourth-order valence-electron chi connectivity index (χ4n) is 7.27. The molecule has 1 saturated heterocycles. The SMILES string of the molecule is COC1(C2CCC(Cl)C(OP(=O)(O)O)C2)OOC12C1CC3CC2CC(Cl)(C3)C1. The third-order valence-electron chi connectivity index (χ3n) is 8.00. The van der Waals surface area contributed by atoms with E-state index in [1.807, 2.05) is 0 Å². The monoisotopic (exact) mass is 456 g/mol. The molecule has 2 N–H and O–H groups in total. The third-order valence-corrected chi connectivity index (χ3v) is 9.51. The fraction of sp³-hybridized carbons (Fsp3) is 1.00. The van der Waals surface area contributed by atoms with Gasteiger partial charge in [0.1, 0.15) is 0 Å². The average Bonchev–Trinajstić information content (AvgIpc) is 2.54. The molecule has 28 heavy (non-hydrogen) atoms. The lowest BCUT2D eigenvalue weighted by Crippen LogP contribution is -2.81.